The lowest BCUT2D eigenvalue weighted by molar-refractivity contribution is 0.0994. The van der Waals surface area contributed by atoms with E-state index in [4.69, 9.17) is 5.73 Å². The van der Waals surface area contributed by atoms with Crippen molar-refractivity contribution in [1.82, 2.24) is 10.2 Å². The molecule has 0 unspecified atom stereocenters. The number of nitrogens with zero attached hydrogens (tertiary/aromatic N) is 1. The molecule has 0 fully saturated rings. The number of hydrogen-bond acceptors (Lipinski definition) is 3. The zero-order chi connectivity index (χ0) is 13.2. The third-order valence-electron chi connectivity index (χ3n) is 3.20. The van der Waals surface area contributed by atoms with Gasteiger partial charge in [0.05, 0.1) is 11.8 Å². The van der Waals surface area contributed by atoms with E-state index in [1.54, 1.807) is 0 Å². The molecular weight excluding hydrogens is 238 g/mol. The van der Waals surface area contributed by atoms with Crippen LogP contribution in [-0.4, -0.2) is 16.0 Å². The molecule has 0 atom stereocenters. The Kier molecular flexibility index (Phi) is 2.76. The molecule has 0 spiro atoms. The second-order valence-corrected chi connectivity index (χ2v) is 4.44. The molecule has 4 nitrogen and oxygen atoms in total. The molecule has 0 aliphatic heterocycles. The minimum atomic E-state index is -0.0254. The molecule has 1 aromatic heterocycles. The minimum Gasteiger partial charge on any atom is -0.383 e. The standard InChI is InChI=1S/C15H13N3O/c16-15-13(9-17-18-15)14(19)8-11-6-3-5-10-4-1-2-7-12(10)11/h1-7,9H,8H2,(H3,16,17,18). The van der Waals surface area contributed by atoms with E-state index >= 15 is 0 Å². The number of carbonyl (C=O) groups excluding carboxylic acids is 1. The van der Waals surface area contributed by atoms with Crippen molar-refractivity contribution in [3.63, 3.8) is 0 Å². The number of anilines is 1. The van der Waals surface area contributed by atoms with E-state index in [1.807, 2.05) is 42.5 Å². The molecule has 0 radical (unpaired) electrons. The van der Waals surface area contributed by atoms with Crippen LogP contribution in [0.5, 0.6) is 0 Å². The van der Waals surface area contributed by atoms with E-state index in [2.05, 4.69) is 10.2 Å². The highest BCUT2D eigenvalue weighted by Crippen LogP contribution is 2.20. The number of nitrogens with two attached hydrogens (primary N) is 1. The number of ketones is 1. The highest BCUT2D eigenvalue weighted by molar-refractivity contribution is 6.02. The summed E-state index contributed by atoms with van der Waals surface area (Å²) in [6.07, 6.45) is 1.80. The summed E-state index contributed by atoms with van der Waals surface area (Å²) < 4.78 is 0. The first-order valence-electron chi connectivity index (χ1n) is 6.04. The summed E-state index contributed by atoms with van der Waals surface area (Å²) in [7, 11) is 0. The van der Waals surface area contributed by atoms with Gasteiger partial charge in [-0.25, -0.2) is 0 Å². The smallest absolute Gasteiger partial charge is 0.172 e. The molecule has 0 saturated heterocycles. The minimum absolute atomic E-state index is 0.0254. The number of carbonyl (C=O) groups is 1. The Morgan fingerprint density at radius 2 is 1.95 bits per heavy atom. The first-order chi connectivity index (χ1) is 9.25. The van der Waals surface area contributed by atoms with Crippen molar-refractivity contribution in [2.75, 3.05) is 5.73 Å². The van der Waals surface area contributed by atoms with E-state index in [1.165, 1.54) is 6.20 Å². The van der Waals surface area contributed by atoms with Crippen LogP contribution >= 0.6 is 0 Å². The number of nitrogen functional groups attached to an aromatic ring is 1. The summed E-state index contributed by atoms with van der Waals surface area (Å²) in [5, 5.41) is 8.59. The molecule has 0 amide bonds. The fraction of sp³-hybridized carbons (Fsp3) is 0.0667. The lowest BCUT2D eigenvalue weighted by atomic mass is 9.98. The number of rotatable bonds is 3. The topological polar surface area (TPSA) is 71.8 Å². The largest absolute Gasteiger partial charge is 0.383 e. The molecule has 1 heterocycles. The van der Waals surface area contributed by atoms with Gasteiger partial charge in [-0.05, 0) is 16.3 Å². The molecular formula is C15H13N3O. The maximum Gasteiger partial charge on any atom is 0.172 e. The van der Waals surface area contributed by atoms with Crippen molar-refractivity contribution in [2.45, 2.75) is 6.42 Å². The Morgan fingerprint density at radius 3 is 2.74 bits per heavy atom. The normalized spacial score (nSPS) is 10.7. The van der Waals surface area contributed by atoms with Crippen LogP contribution in [0.15, 0.2) is 48.7 Å². The fourth-order valence-corrected chi connectivity index (χ4v) is 2.23. The van der Waals surface area contributed by atoms with Crippen molar-refractivity contribution in [3.05, 3.63) is 59.8 Å². The second kappa shape index (κ2) is 4.57. The van der Waals surface area contributed by atoms with Crippen LogP contribution in [0.25, 0.3) is 10.8 Å². The first kappa shape index (κ1) is 11.5. The Hall–Kier alpha value is -2.62. The quantitative estimate of drug-likeness (QED) is 0.703. The van der Waals surface area contributed by atoms with Crippen molar-refractivity contribution < 1.29 is 4.79 Å². The summed E-state index contributed by atoms with van der Waals surface area (Å²) >= 11 is 0. The van der Waals surface area contributed by atoms with Crippen LogP contribution in [0.2, 0.25) is 0 Å². The Bertz CT molecular complexity index is 740. The lowest BCUT2D eigenvalue weighted by Crippen LogP contribution is -2.05. The SMILES string of the molecule is Nc1[nH]ncc1C(=O)Cc1cccc2ccccc12. The molecule has 4 heteroatoms. The molecule has 0 aliphatic carbocycles. The molecule has 2 aromatic carbocycles. The van der Waals surface area contributed by atoms with Gasteiger partial charge in [0, 0.05) is 6.42 Å². The van der Waals surface area contributed by atoms with Gasteiger partial charge in [-0.1, -0.05) is 42.5 Å². The van der Waals surface area contributed by atoms with E-state index < -0.39 is 0 Å². The number of hydrogen-bond donors (Lipinski definition) is 2. The zero-order valence-corrected chi connectivity index (χ0v) is 10.3. The zero-order valence-electron chi connectivity index (χ0n) is 10.3. The van der Waals surface area contributed by atoms with E-state index in [0.29, 0.717) is 17.8 Å². The maximum atomic E-state index is 12.2. The number of Topliss-reactive ketones (excluding diaryl/α,β-unsaturated/α-hetero) is 1. The van der Waals surface area contributed by atoms with E-state index in [0.717, 1.165) is 16.3 Å². The maximum absolute atomic E-state index is 12.2. The molecule has 0 aliphatic rings. The molecule has 3 aromatic rings. The molecule has 3 rings (SSSR count). The first-order valence-corrected chi connectivity index (χ1v) is 6.04. The van der Waals surface area contributed by atoms with Crippen LogP contribution in [0.1, 0.15) is 15.9 Å². The predicted octanol–water partition coefficient (Wildman–Crippen LogP) is 2.57. The highest BCUT2D eigenvalue weighted by atomic mass is 16.1. The van der Waals surface area contributed by atoms with Crippen LogP contribution in [0.3, 0.4) is 0 Å². The van der Waals surface area contributed by atoms with Gasteiger partial charge < -0.3 is 5.73 Å². The van der Waals surface area contributed by atoms with Gasteiger partial charge in [-0.15, -0.1) is 0 Å². The van der Waals surface area contributed by atoms with Crippen molar-refractivity contribution in [3.8, 4) is 0 Å². The third kappa shape index (κ3) is 2.08. The van der Waals surface area contributed by atoms with Crippen LogP contribution in [0, 0.1) is 0 Å². The van der Waals surface area contributed by atoms with Gasteiger partial charge in [0.25, 0.3) is 0 Å². The number of fused-ring (bicyclic) bond motifs is 1. The molecule has 3 N–H and O–H groups in total. The monoisotopic (exact) mass is 251 g/mol. The van der Waals surface area contributed by atoms with Crippen molar-refractivity contribution >= 4 is 22.4 Å². The van der Waals surface area contributed by atoms with Gasteiger partial charge >= 0.3 is 0 Å². The lowest BCUT2D eigenvalue weighted by Gasteiger charge is -2.05. The number of nitrogens with one attached hydrogen (secondary N) is 1. The summed E-state index contributed by atoms with van der Waals surface area (Å²) in [6.45, 7) is 0. The number of benzene rings is 2. The van der Waals surface area contributed by atoms with Crippen LogP contribution < -0.4 is 5.73 Å². The Balaban J connectivity index is 1.98. The molecule has 0 bridgehead atoms. The average molecular weight is 251 g/mol. The van der Waals surface area contributed by atoms with Gasteiger partial charge in [-0.3, -0.25) is 9.89 Å². The molecule has 19 heavy (non-hydrogen) atoms. The van der Waals surface area contributed by atoms with Gasteiger partial charge in [0.2, 0.25) is 0 Å². The predicted molar refractivity (Wildman–Crippen MR) is 75.0 cm³/mol. The van der Waals surface area contributed by atoms with E-state index in [9.17, 15) is 4.79 Å². The highest BCUT2D eigenvalue weighted by Gasteiger charge is 2.13. The number of aromatic nitrogens is 2. The van der Waals surface area contributed by atoms with E-state index in [-0.39, 0.29) is 5.78 Å². The molecule has 0 saturated carbocycles. The van der Waals surface area contributed by atoms with Gasteiger partial charge in [-0.2, -0.15) is 5.10 Å². The summed E-state index contributed by atoms with van der Waals surface area (Å²) in [5.41, 5.74) is 7.12. The Labute approximate surface area is 110 Å². The fourth-order valence-electron chi connectivity index (χ4n) is 2.23. The van der Waals surface area contributed by atoms with Crippen LogP contribution in [0.4, 0.5) is 5.82 Å². The third-order valence-corrected chi connectivity index (χ3v) is 3.20. The van der Waals surface area contributed by atoms with Crippen molar-refractivity contribution in [2.24, 2.45) is 0 Å². The van der Waals surface area contributed by atoms with Gasteiger partial charge in [0.15, 0.2) is 5.78 Å². The summed E-state index contributed by atoms with van der Waals surface area (Å²) in [4.78, 5) is 12.2. The van der Waals surface area contributed by atoms with Crippen molar-refractivity contribution in [1.29, 1.82) is 0 Å². The number of aromatic amines is 1. The second-order valence-electron chi connectivity index (χ2n) is 4.44. The summed E-state index contributed by atoms with van der Waals surface area (Å²) in [5.74, 6) is 0.299. The average Bonchev–Trinajstić information content (AvgIpc) is 2.85. The molecule has 94 valence electrons. The van der Waals surface area contributed by atoms with Crippen LogP contribution in [-0.2, 0) is 6.42 Å². The van der Waals surface area contributed by atoms with Gasteiger partial charge in [0.1, 0.15) is 5.82 Å². The Morgan fingerprint density at radius 1 is 1.16 bits per heavy atom. The summed E-state index contributed by atoms with van der Waals surface area (Å²) in [6, 6.07) is 14.0. The number of H-pyrrole nitrogens is 1.